The summed E-state index contributed by atoms with van der Waals surface area (Å²) < 4.78 is 1.82. The number of hydrogen-bond donors (Lipinski definition) is 1. The average Bonchev–Trinajstić information content (AvgIpc) is 3.17. The number of aromatic nitrogens is 4. The molecule has 1 unspecified atom stereocenters. The van der Waals surface area contributed by atoms with Crippen LogP contribution in [-0.2, 0) is 24.8 Å². The van der Waals surface area contributed by atoms with Crippen molar-refractivity contribution in [1.29, 1.82) is 0 Å². The molecule has 1 aliphatic heterocycles. The molecular weight excluding hydrogens is 358 g/mol. The molecule has 25 heavy (non-hydrogen) atoms. The molecule has 1 N–H and O–H groups in total. The van der Waals surface area contributed by atoms with Crippen LogP contribution >= 0.6 is 23.4 Å². The van der Waals surface area contributed by atoms with Crippen molar-refractivity contribution in [3.63, 3.8) is 0 Å². The number of hydrogen-bond acceptors (Lipinski definition) is 4. The Morgan fingerprint density at radius 2 is 2.28 bits per heavy atom. The number of benzene rings is 1. The summed E-state index contributed by atoms with van der Waals surface area (Å²) in [7, 11) is 1.88. The molecule has 3 aromatic rings. The van der Waals surface area contributed by atoms with Gasteiger partial charge in [0.2, 0.25) is 5.91 Å². The second kappa shape index (κ2) is 6.38. The van der Waals surface area contributed by atoms with Gasteiger partial charge in [0.1, 0.15) is 6.33 Å². The zero-order valence-corrected chi connectivity index (χ0v) is 15.6. The van der Waals surface area contributed by atoms with Crippen LogP contribution in [0.5, 0.6) is 0 Å². The first kappa shape index (κ1) is 16.5. The number of aryl methyl sites for hydroxylation is 1. The van der Waals surface area contributed by atoms with Crippen molar-refractivity contribution < 1.29 is 4.79 Å². The van der Waals surface area contributed by atoms with E-state index in [1.54, 1.807) is 6.33 Å². The third-order valence-electron chi connectivity index (χ3n) is 4.55. The van der Waals surface area contributed by atoms with Crippen molar-refractivity contribution in [3.8, 4) is 0 Å². The van der Waals surface area contributed by atoms with Crippen molar-refractivity contribution >= 4 is 40.2 Å². The molecular formula is C17H18ClN5OS. The zero-order chi connectivity index (χ0) is 17.6. The smallest absolute Gasteiger partial charge is 0.236 e. The Labute approximate surface area is 154 Å². The van der Waals surface area contributed by atoms with Crippen LogP contribution < -0.4 is 0 Å². The minimum absolute atomic E-state index is 0.120. The van der Waals surface area contributed by atoms with E-state index in [4.69, 9.17) is 11.6 Å². The van der Waals surface area contributed by atoms with Crippen molar-refractivity contribution in [2.75, 3.05) is 6.54 Å². The topological polar surface area (TPSA) is 66.8 Å². The Balaban J connectivity index is 1.55. The summed E-state index contributed by atoms with van der Waals surface area (Å²) in [4.78, 5) is 18.3. The molecule has 1 aliphatic rings. The Morgan fingerprint density at radius 1 is 1.44 bits per heavy atom. The Bertz CT molecular complexity index is 950. The summed E-state index contributed by atoms with van der Waals surface area (Å²) in [5.41, 5.74) is 3.45. The number of nitrogens with one attached hydrogen (secondary N) is 1. The van der Waals surface area contributed by atoms with E-state index >= 15 is 0 Å². The van der Waals surface area contributed by atoms with Crippen LogP contribution in [0.2, 0.25) is 5.02 Å². The molecule has 3 heterocycles. The minimum Gasteiger partial charge on any atom is -0.358 e. The third-order valence-corrected chi connectivity index (χ3v) is 5.92. The molecule has 0 fully saturated rings. The third kappa shape index (κ3) is 3.02. The first-order valence-electron chi connectivity index (χ1n) is 8.11. The normalized spacial score (nSPS) is 15.4. The lowest BCUT2D eigenvalue weighted by Gasteiger charge is -2.29. The lowest BCUT2D eigenvalue weighted by Crippen LogP contribution is -2.40. The maximum absolute atomic E-state index is 12.9. The predicted molar refractivity (Wildman–Crippen MR) is 98.8 cm³/mol. The van der Waals surface area contributed by atoms with Gasteiger partial charge in [-0.1, -0.05) is 23.4 Å². The number of amides is 1. The monoisotopic (exact) mass is 375 g/mol. The molecule has 0 spiro atoms. The first-order chi connectivity index (χ1) is 12.0. The minimum atomic E-state index is -0.210. The number of thioether (sulfide) groups is 1. The van der Waals surface area contributed by atoms with Crippen LogP contribution in [0, 0.1) is 0 Å². The summed E-state index contributed by atoms with van der Waals surface area (Å²) in [6, 6.07) is 5.85. The second-order valence-electron chi connectivity index (χ2n) is 6.27. The van der Waals surface area contributed by atoms with Gasteiger partial charge >= 0.3 is 0 Å². The lowest BCUT2D eigenvalue weighted by molar-refractivity contribution is -0.131. The van der Waals surface area contributed by atoms with Gasteiger partial charge in [-0.15, -0.1) is 10.2 Å². The molecule has 6 nitrogen and oxygen atoms in total. The SMILES string of the molecule is CC(Sc1nncn1C)C(=O)N1CCc2[nH]c3ccc(Cl)cc3c2C1. The molecule has 0 saturated carbocycles. The molecule has 0 radical (unpaired) electrons. The summed E-state index contributed by atoms with van der Waals surface area (Å²) in [6.07, 6.45) is 2.47. The van der Waals surface area contributed by atoms with E-state index in [0.717, 1.165) is 29.0 Å². The largest absolute Gasteiger partial charge is 0.358 e. The van der Waals surface area contributed by atoms with E-state index in [2.05, 4.69) is 15.2 Å². The lowest BCUT2D eigenvalue weighted by atomic mass is 10.0. The van der Waals surface area contributed by atoms with Gasteiger partial charge in [0.05, 0.1) is 5.25 Å². The number of rotatable bonds is 3. The Morgan fingerprint density at radius 3 is 3.04 bits per heavy atom. The highest BCUT2D eigenvalue weighted by atomic mass is 35.5. The summed E-state index contributed by atoms with van der Waals surface area (Å²) >= 11 is 7.59. The van der Waals surface area contributed by atoms with Crippen LogP contribution in [0.4, 0.5) is 0 Å². The fraction of sp³-hybridized carbons (Fsp3) is 0.353. The molecule has 0 saturated heterocycles. The van der Waals surface area contributed by atoms with Gasteiger partial charge in [-0.2, -0.15) is 0 Å². The molecule has 4 rings (SSSR count). The van der Waals surface area contributed by atoms with Crippen molar-refractivity contribution in [2.24, 2.45) is 7.05 Å². The van der Waals surface area contributed by atoms with Crippen LogP contribution in [0.25, 0.3) is 10.9 Å². The van der Waals surface area contributed by atoms with Gasteiger partial charge in [0.15, 0.2) is 5.16 Å². The molecule has 1 amide bonds. The fourth-order valence-corrected chi connectivity index (χ4v) is 4.27. The molecule has 130 valence electrons. The van der Waals surface area contributed by atoms with E-state index in [9.17, 15) is 4.79 Å². The van der Waals surface area contributed by atoms with Crippen molar-refractivity contribution in [2.45, 2.75) is 30.3 Å². The highest BCUT2D eigenvalue weighted by Gasteiger charge is 2.28. The second-order valence-corrected chi connectivity index (χ2v) is 8.01. The maximum Gasteiger partial charge on any atom is 0.236 e. The average molecular weight is 376 g/mol. The van der Waals surface area contributed by atoms with Gasteiger partial charge in [0, 0.05) is 53.7 Å². The molecule has 0 bridgehead atoms. The Hall–Kier alpha value is -1.99. The van der Waals surface area contributed by atoms with E-state index in [1.165, 1.54) is 23.0 Å². The fourth-order valence-electron chi connectivity index (χ4n) is 3.22. The number of fused-ring (bicyclic) bond motifs is 3. The molecule has 8 heteroatoms. The number of carbonyl (C=O) groups is 1. The predicted octanol–water partition coefficient (Wildman–Crippen LogP) is 3.02. The highest BCUT2D eigenvalue weighted by molar-refractivity contribution is 8.00. The summed E-state index contributed by atoms with van der Waals surface area (Å²) in [5.74, 6) is 0.120. The van der Waals surface area contributed by atoms with E-state index in [0.29, 0.717) is 11.6 Å². The number of carbonyl (C=O) groups excluding carboxylic acids is 1. The summed E-state index contributed by atoms with van der Waals surface area (Å²) in [6.45, 7) is 3.25. The van der Waals surface area contributed by atoms with E-state index in [1.807, 2.05) is 41.6 Å². The number of aromatic amines is 1. The summed E-state index contributed by atoms with van der Waals surface area (Å²) in [5, 5.41) is 10.3. The maximum atomic E-state index is 12.9. The standard InChI is InChI=1S/C17H18ClN5OS/c1-10(25-17-21-19-9-22(17)2)16(24)23-6-5-15-13(8-23)12-7-11(18)3-4-14(12)20-15/h3-4,7,9-10,20H,5-6,8H2,1-2H3. The van der Waals surface area contributed by atoms with Gasteiger partial charge < -0.3 is 14.5 Å². The van der Waals surface area contributed by atoms with E-state index < -0.39 is 0 Å². The Kier molecular flexibility index (Phi) is 4.21. The van der Waals surface area contributed by atoms with E-state index in [-0.39, 0.29) is 11.2 Å². The van der Waals surface area contributed by atoms with Gasteiger partial charge in [-0.05, 0) is 25.1 Å². The zero-order valence-electron chi connectivity index (χ0n) is 14.0. The number of halogens is 1. The molecule has 0 aliphatic carbocycles. The quantitative estimate of drug-likeness (QED) is 0.714. The first-order valence-corrected chi connectivity index (χ1v) is 9.37. The van der Waals surface area contributed by atoms with Crippen LogP contribution in [-0.4, -0.2) is 42.4 Å². The van der Waals surface area contributed by atoms with Gasteiger partial charge in [0.25, 0.3) is 0 Å². The van der Waals surface area contributed by atoms with Crippen molar-refractivity contribution in [3.05, 3.63) is 40.8 Å². The highest BCUT2D eigenvalue weighted by Crippen LogP contribution is 2.31. The number of H-pyrrole nitrogens is 1. The van der Waals surface area contributed by atoms with Crippen LogP contribution in [0.1, 0.15) is 18.2 Å². The molecule has 1 atom stereocenters. The van der Waals surface area contributed by atoms with Crippen molar-refractivity contribution in [1.82, 2.24) is 24.6 Å². The molecule has 2 aromatic heterocycles. The van der Waals surface area contributed by atoms with Gasteiger partial charge in [-0.3, -0.25) is 4.79 Å². The molecule has 1 aromatic carbocycles. The number of nitrogens with zero attached hydrogens (tertiary/aromatic N) is 4. The van der Waals surface area contributed by atoms with Gasteiger partial charge in [-0.25, -0.2) is 0 Å². The van der Waals surface area contributed by atoms with Crippen LogP contribution in [0.3, 0.4) is 0 Å². The van der Waals surface area contributed by atoms with Crippen LogP contribution in [0.15, 0.2) is 29.7 Å².